The first kappa shape index (κ1) is 25.2. The van der Waals surface area contributed by atoms with Crippen LogP contribution in [0.15, 0.2) is 47.6 Å². The highest BCUT2D eigenvalue weighted by molar-refractivity contribution is 6.00. The Morgan fingerprint density at radius 1 is 1.14 bits per heavy atom. The molecule has 0 aromatic heterocycles. The van der Waals surface area contributed by atoms with E-state index in [-0.39, 0.29) is 19.5 Å². The number of benzene rings is 2. The van der Waals surface area contributed by atoms with Crippen LogP contribution >= 0.6 is 0 Å². The SMILES string of the molecule is NN=Cc1ccc(COc2ccc3c(c2)CCN(C(CC(=O)O)C(=O)NCCC(=O)O)C3=O)cc1. The Balaban J connectivity index is 1.68. The molecule has 11 nitrogen and oxygen atoms in total. The van der Waals surface area contributed by atoms with Crippen molar-refractivity contribution in [2.24, 2.45) is 10.9 Å². The van der Waals surface area contributed by atoms with Gasteiger partial charge in [0.2, 0.25) is 5.91 Å². The van der Waals surface area contributed by atoms with Gasteiger partial charge in [0.05, 0.1) is 19.1 Å². The molecule has 0 saturated heterocycles. The molecule has 35 heavy (non-hydrogen) atoms. The molecule has 184 valence electrons. The molecule has 2 aromatic carbocycles. The van der Waals surface area contributed by atoms with Crippen molar-refractivity contribution >= 4 is 30.0 Å². The summed E-state index contributed by atoms with van der Waals surface area (Å²) in [6.45, 7) is 0.298. The first-order valence-corrected chi connectivity index (χ1v) is 10.9. The number of amides is 2. The summed E-state index contributed by atoms with van der Waals surface area (Å²) in [5.74, 6) is 2.21. The van der Waals surface area contributed by atoms with Gasteiger partial charge in [-0.15, -0.1) is 0 Å². The van der Waals surface area contributed by atoms with Crippen molar-refractivity contribution in [1.29, 1.82) is 0 Å². The van der Waals surface area contributed by atoms with Gasteiger partial charge in [-0.3, -0.25) is 19.2 Å². The summed E-state index contributed by atoms with van der Waals surface area (Å²) in [4.78, 5) is 48.9. The van der Waals surface area contributed by atoms with Crippen LogP contribution in [0.2, 0.25) is 0 Å². The van der Waals surface area contributed by atoms with Crippen LogP contribution in [0.1, 0.15) is 39.9 Å². The van der Waals surface area contributed by atoms with E-state index in [1.54, 1.807) is 18.2 Å². The van der Waals surface area contributed by atoms with E-state index in [2.05, 4.69) is 10.4 Å². The van der Waals surface area contributed by atoms with Crippen LogP contribution in [0, 0.1) is 0 Å². The van der Waals surface area contributed by atoms with Crippen molar-refractivity contribution in [3.63, 3.8) is 0 Å². The Hall–Kier alpha value is -4.41. The minimum Gasteiger partial charge on any atom is -0.489 e. The largest absolute Gasteiger partial charge is 0.489 e. The second-order valence-corrected chi connectivity index (χ2v) is 7.92. The third-order valence-electron chi connectivity index (χ3n) is 5.48. The molecule has 1 heterocycles. The van der Waals surface area contributed by atoms with E-state index in [1.165, 1.54) is 11.1 Å². The van der Waals surface area contributed by atoms with Gasteiger partial charge < -0.3 is 31.0 Å². The maximum Gasteiger partial charge on any atom is 0.305 e. The molecule has 5 N–H and O–H groups in total. The van der Waals surface area contributed by atoms with E-state index < -0.39 is 36.2 Å². The molecule has 0 aliphatic carbocycles. The maximum absolute atomic E-state index is 13.1. The molecule has 1 atom stereocenters. The van der Waals surface area contributed by atoms with Crippen molar-refractivity contribution < 1.29 is 34.1 Å². The van der Waals surface area contributed by atoms with Crippen LogP contribution in [-0.4, -0.2) is 64.2 Å². The standard InChI is InChI=1S/C24H26N4O7/c25-27-13-15-1-3-16(4-2-15)14-35-18-5-6-19-17(11-18)8-10-28(24(19)34)20(12-22(31)32)23(33)26-9-7-21(29)30/h1-6,11,13,20H,7-10,12,14,25H2,(H,26,33)(H,29,30)(H,31,32). The average molecular weight is 482 g/mol. The summed E-state index contributed by atoms with van der Waals surface area (Å²) < 4.78 is 5.85. The first-order chi connectivity index (χ1) is 16.8. The third-order valence-corrected chi connectivity index (χ3v) is 5.48. The Morgan fingerprint density at radius 3 is 2.54 bits per heavy atom. The number of carbonyl (C=O) groups is 4. The topological polar surface area (TPSA) is 172 Å². The van der Waals surface area contributed by atoms with Gasteiger partial charge >= 0.3 is 11.9 Å². The number of hydrogen-bond donors (Lipinski definition) is 4. The van der Waals surface area contributed by atoms with E-state index >= 15 is 0 Å². The van der Waals surface area contributed by atoms with Gasteiger partial charge in [-0.1, -0.05) is 24.3 Å². The molecule has 1 unspecified atom stereocenters. The number of nitrogens with zero attached hydrogens (tertiary/aromatic N) is 2. The van der Waals surface area contributed by atoms with Crippen molar-refractivity contribution in [1.82, 2.24) is 10.2 Å². The lowest BCUT2D eigenvalue weighted by Crippen LogP contribution is -2.53. The highest BCUT2D eigenvalue weighted by Gasteiger charge is 2.35. The molecule has 0 bridgehead atoms. The number of carboxylic acid groups (broad SMARTS) is 2. The maximum atomic E-state index is 13.1. The van der Waals surface area contributed by atoms with E-state index in [9.17, 15) is 24.3 Å². The third kappa shape index (κ3) is 6.79. The van der Waals surface area contributed by atoms with Crippen LogP contribution in [0.5, 0.6) is 5.75 Å². The van der Waals surface area contributed by atoms with Gasteiger partial charge in [0, 0.05) is 18.7 Å². The molecule has 1 aliphatic rings. The molecular weight excluding hydrogens is 456 g/mol. The summed E-state index contributed by atoms with van der Waals surface area (Å²) in [6.07, 6.45) is 1.05. The predicted octanol–water partition coefficient (Wildman–Crippen LogP) is 0.991. The highest BCUT2D eigenvalue weighted by Crippen LogP contribution is 2.26. The van der Waals surface area contributed by atoms with Crippen LogP contribution in [-0.2, 0) is 27.4 Å². The summed E-state index contributed by atoms with van der Waals surface area (Å²) >= 11 is 0. The fraction of sp³-hybridized carbons (Fsp3) is 0.292. The predicted molar refractivity (Wildman–Crippen MR) is 125 cm³/mol. The first-order valence-electron chi connectivity index (χ1n) is 10.9. The molecule has 0 radical (unpaired) electrons. The average Bonchev–Trinajstić information content (AvgIpc) is 2.82. The van der Waals surface area contributed by atoms with Crippen molar-refractivity contribution in [2.75, 3.05) is 13.1 Å². The van der Waals surface area contributed by atoms with Gasteiger partial charge in [0.25, 0.3) is 5.91 Å². The second-order valence-electron chi connectivity index (χ2n) is 7.92. The molecule has 3 rings (SSSR count). The number of nitrogens with one attached hydrogen (secondary N) is 1. The molecule has 0 spiro atoms. The lowest BCUT2D eigenvalue weighted by Gasteiger charge is -2.34. The Kier molecular flexibility index (Phi) is 8.38. The normalized spacial score (nSPS) is 13.8. The van der Waals surface area contributed by atoms with Crippen LogP contribution < -0.4 is 15.9 Å². The Morgan fingerprint density at radius 2 is 1.89 bits per heavy atom. The molecule has 11 heteroatoms. The summed E-state index contributed by atoms with van der Waals surface area (Å²) in [5.41, 5.74) is 2.90. The minimum atomic E-state index is -1.25. The van der Waals surface area contributed by atoms with Crippen LogP contribution in [0.3, 0.4) is 0 Å². The monoisotopic (exact) mass is 482 g/mol. The summed E-state index contributed by atoms with van der Waals surface area (Å²) in [5, 5.41) is 23.9. The smallest absolute Gasteiger partial charge is 0.305 e. The number of hydrogen-bond acceptors (Lipinski definition) is 7. The minimum absolute atomic E-state index is 0.143. The van der Waals surface area contributed by atoms with Crippen molar-refractivity contribution in [3.8, 4) is 5.75 Å². The molecule has 0 fully saturated rings. The van der Waals surface area contributed by atoms with E-state index in [0.29, 0.717) is 24.3 Å². The quantitative estimate of drug-likeness (QED) is 0.209. The zero-order chi connectivity index (χ0) is 25.4. The van der Waals surface area contributed by atoms with Crippen LogP contribution in [0.4, 0.5) is 0 Å². The molecule has 1 aliphatic heterocycles. The second kappa shape index (κ2) is 11.6. The van der Waals surface area contributed by atoms with Gasteiger partial charge in [0.1, 0.15) is 18.4 Å². The molecule has 0 saturated carbocycles. The summed E-state index contributed by atoms with van der Waals surface area (Å²) in [6, 6.07) is 11.3. The Labute approximate surface area is 201 Å². The number of hydrazone groups is 1. The van der Waals surface area contributed by atoms with Crippen molar-refractivity contribution in [2.45, 2.75) is 31.9 Å². The number of carbonyl (C=O) groups excluding carboxylic acids is 2. The van der Waals surface area contributed by atoms with Gasteiger partial charge in [-0.05, 0) is 41.3 Å². The molecular formula is C24H26N4O7. The number of ether oxygens (including phenoxy) is 1. The van der Waals surface area contributed by atoms with Crippen LogP contribution in [0.25, 0.3) is 0 Å². The van der Waals surface area contributed by atoms with Gasteiger partial charge in [-0.25, -0.2) is 0 Å². The van der Waals surface area contributed by atoms with Gasteiger partial charge in [0.15, 0.2) is 0 Å². The Bertz CT molecular complexity index is 1130. The highest BCUT2D eigenvalue weighted by atomic mass is 16.5. The zero-order valence-corrected chi connectivity index (χ0v) is 18.8. The fourth-order valence-corrected chi connectivity index (χ4v) is 3.74. The number of aliphatic carboxylic acids is 2. The lowest BCUT2D eigenvalue weighted by atomic mass is 9.96. The zero-order valence-electron chi connectivity index (χ0n) is 18.8. The number of nitrogens with two attached hydrogens (primary N) is 1. The van der Waals surface area contributed by atoms with Gasteiger partial charge in [-0.2, -0.15) is 5.10 Å². The van der Waals surface area contributed by atoms with E-state index in [4.69, 9.17) is 15.7 Å². The lowest BCUT2D eigenvalue weighted by molar-refractivity contribution is -0.142. The van der Waals surface area contributed by atoms with Crippen molar-refractivity contribution in [3.05, 3.63) is 64.7 Å². The number of carboxylic acids is 2. The number of rotatable bonds is 11. The van der Waals surface area contributed by atoms with E-state index in [1.807, 2.05) is 24.3 Å². The van der Waals surface area contributed by atoms with E-state index in [0.717, 1.165) is 16.7 Å². The number of fused-ring (bicyclic) bond motifs is 1. The molecule has 2 aromatic rings. The fourth-order valence-electron chi connectivity index (χ4n) is 3.74. The summed E-state index contributed by atoms with van der Waals surface area (Å²) in [7, 11) is 0. The molecule has 2 amide bonds.